The van der Waals surface area contributed by atoms with E-state index < -0.39 is 0 Å². The summed E-state index contributed by atoms with van der Waals surface area (Å²) in [6.45, 7) is 1.88. The van der Waals surface area contributed by atoms with E-state index in [-0.39, 0.29) is 48.1 Å². The van der Waals surface area contributed by atoms with Gasteiger partial charge >= 0.3 is 0 Å². The van der Waals surface area contributed by atoms with E-state index in [2.05, 4.69) is 10.6 Å². The van der Waals surface area contributed by atoms with Gasteiger partial charge in [-0.05, 0) is 38.5 Å². The third-order valence-corrected chi connectivity index (χ3v) is 5.68. The molecule has 0 radical (unpaired) electrons. The van der Waals surface area contributed by atoms with E-state index in [0.29, 0.717) is 26.2 Å². The van der Waals surface area contributed by atoms with Gasteiger partial charge in [-0.3, -0.25) is 14.4 Å². The molecule has 26 heavy (non-hydrogen) atoms. The van der Waals surface area contributed by atoms with E-state index in [9.17, 15) is 14.4 Å². The summed E-state index contributed by atoms with van der Waals surface area (Å²) in [5.74, 6) is -0.0416. The van der Waals surface area contributed by atoms with E-state index in [1.54, 1.807) is 11.9 Å². The minimum absolute atomic E-state index is 0.0147. The van der Waals surface area contributed by atoms with Crippen LogP contribution in [0.4, 0.5) is 0 Å². The Balaban J connectivity index is 1.55. The predicted molar refractivity (Wildman–Crippen MR) is 96.2 cm³/mol. The average Bonchev–Trinajstić information content (AvgIpc) is 3.45. The Kier molecular flexibility index (Phi) is 6.51. The average molecular weight is 365 g/mol. The Bertz CT molecular complexity index is 529. The molecule has 7 heteroatoms. The van der Waals surface area contributed by atoms with E-state index in [0.717, 1.165) is 38.5 Å². The van der Waals surface area contributed by atoms with Gasteiger partial charge in [0.25, 0.3) is 0 Å². The fourth-order valence-electron chi connectivity index (χ4n) is 3.77. The largest absolute Gasteiger partial charge is 0.381 e. The standard InChI is InChI=1S/C19H31N3O4/c1-22-12-16(21-18(24)13-5-6-13)4-2-3-14(11-17(22)23)19(25)20-15-7-9-26-10-8-15/h13-16H,2-12H2,1H3,(H,20,25)(H,21,24)/t14-,16-/m1/s1. The minimum Gasteiger partial charge on any atom is -0.381 e. The van der Waals surface area contributed by atoms with Crippen molar-refractivity contribution < 1.29 is 19.1 Å². The number of ether oxygens (including phenoxy) is 1. The molecule has 0 aromatic heterocycles. The van der Waals surface area contributed by atoms with E-state index in [1.807, 2.05) is 0 Å². The molecule has 146 valence electrons. The Morgan fingerprint density at radius 3 is 2.27 bits per heavy atom. The third-order valence-electron chi connectivity index (χ3n) is 5.68. The molecular weight excluding hydrogens is 334 g/mol. The highest BCUT2D eigenvalue weighted by Crippen LogP contribution is 2.29. The van der Waals surface area contributed by atoms with Crippen LogP contribution in [0.15, 0.2) is 0 Å². The molecule has 2 atom stereocenters. The van der Waals surface area contributed by atoms with Crippen LogP contribution in [-0.2, 0) is 19.1 Å². The van der Waals surface area contributed by atoms with Gasteiger partial charge in [-0.15, -0.1) is 0 Å². The molecular formula is C19H31N3O4. The quantitative estimate of drug-likeness (QED) is 0.772. The smallest absolute Gasteiger partial charge is 0.223 e. The van der Waals surface area contributed by atoms with Crippen molar-refractivity contribution in [2.45, 2.75) is 63.5 Å². The van der Waals surface area contributed by atoms with Crippen LogP contribution < -0.4 is 10.6 Å². The molecule has 0 bridgehead atoms. The van der Waals surface area contributed by atoms with Gasteiger partial charge < -0.3 is 20.3 Å². The zero-order valence-corrected chi connectivity index (χ0v) is 15.7. The molecule has 2 N–H and O–H groups in total. The van der Waals surface area contributed by atoms with Gasteiger partial charge in [-0.1, -0.05) is 6.42 Å². The first-order valence-corrected chi connectivity index (χ1v) is 9.95. The fraction of sp³-hybridized carbons (Fsp3) is 0.842. The van der Waals surface area contributed by atoms with Crippen molar-refractivity contribution in [3.8, 4) is 0 Å². The summed E-state index contributed by atoms with van der Waals surface area (Å²) in [4.78, 5) is 38.9. The lowest BCUT2D eigenvalue weighted by molar-refractivity contribution is -0.136. The molecule has 0 unspecified atom stereocenters. The number of nitrogens with zero attached hydrogens (tertiary/aromatic N) is 1. The van der Waals surface area contributed by atoms with Crippen molar-refractivity contribution in [2.75, 3.05) is 26.8 Å². The van der Waals surface area contributed by atoms with Crippen LogP contribution in [0.3, 0.4) is 0 Å². The third kappa shape index (κ3) is 5.43. The van der Waals surface area contributed by atoms with Crippen LogP contribution in [0, 0.1) is 11.8 Å². The van der Waals surface area contributed by atoms with Gasteiger partial charge in [0, 0.05) is 57.1 Å². The van der Waals surface area contributed by atoms with E-state index in [4.69, 9.17) is 4.74 Å². The number of hydrogen-bond acceptors (Lipinski definition) is 4. The van der Waals surface area contributed by atoms with Gasteiger partial charge in [0.2, 0.25) is 17.7 Å². The van der Waals surface area contributed by atoms with Crippen molar-refractivity contribution in [2.24, 2.45) is 11.8 Å². The van der Waals surface area contributed by atoms with Crippen LogP contribution in [0.25, 0.3) is 0 Å². The van der Waals surface area contributed by atoms with Crippen LogP contribution in [0.1, 0.15) is 51.4 Å². The molecule has 2 heterocycles. The van der Waals surface area contributed by atoms with E-state index in [1.165, 1.54) is 0 Å². The van der Waals surface area contributed by atoms with E-state index >= 15 is 0 Å². The second-order valence-corrected chi connectivity index (χ2v) is 7.98. The highest BCUT2D eigenvalue weighted by molar-refractivity contribution is 5.86. The summed E-state index contributed by atoms with van der Waals surface area (Å²) < 4.78 is 5.33. The fourth-order valence-corrected chi connectivity index (χ4v) is 3.77. The summed E-state index contributed by atoms with van der Waals surface area (Å²) in [6, 6.07) is 0.136. The molecule has 7 nitrogen and oxygen atoms in total. The number of amides is 3. The summed E-state index contributed by atoms with van der Waals surface area (Å²) in [5.41, 5.74) is 0. The number of likely N-dealkylation sites (N-methyl/N-ethyl adjacent to an activating group) is 1. The van der Waals surface area contributed by atoms with Gasteiger partial charge in [0.15, 0.2) is 0 Å². The molecule has 0 spiro atoms. The number of carbonyl (C=O) groups excluding carboxylic acids is 3. The molecule has 2 aliphatic heterocycles. The molecule has 1 aliphatic carbocycles. The van der Waals surface area contributed by atoms with Crippen molar-refractivity contribution in [1.29, 1.82) is 0 Å². The van der Waals surface area contributed by atoms with Gasteiger partial charge in [-0.2, -0.15) is 0 Å². The first kappa shape index (κ1) is 19.1. The topological polar surface area (TPSA) is 87.7 Å². The molecule has 3 amide bonds. The number of rotatable bonds is 4. The van der Waals surface area contributed by atoms with Crippen molar-refractivity contribution in [1.82, 2.24) is 15.5 Å². The maximum Gasteiger partial charge on any atom is 0.223 e. The van der Waals surface area contributed by atoms with Crippen molar-refractivity contribution in [3.63, 3.8) is 0 Å². The first-order valence-electron chi connectivity index (χ1n) is 9.95. The van der Waals surface area contributed by atoms with Crippen LogP contribution in [0.5, 0.6) is 0 Å². The highest BCUT2D eigenvalue weighted by Gasteiger charge is 2.33. The summed E-state index contributed by atoms with van der Waals surface area (Å²) >= 11 is 0. The Labute approximate surface area is 155 Å². The van der Waals surface area contributed by atoms with Gasteiger partial charge in [0.1, 0.15) is 0 Å². The highest BCUT2D eigenvalue weighted by atomic mass is 16.5. The molecule has 0 aromatic carbocycles. The normalized spacial score (nSPS) is 28.7. The minimum atomic E-state index is -0.286. The van der Waals surface area contributed by atoms with Crippen molar-refractivity contribution >= 4 is 17.7 Å². The summed E-state index contributed by atoms with van der Waals surface area (Å²) in [6.07, 6.45) is 6.19. The molecule has 3 rings (SSSR count). The van der Waals surface area contributed by atoms with Crippen LogP contribution in [0.2, 0.25) is 0 Å². The van der Waals surface area contributed by atoms with Crippen LogP contribution in [-0.4, -0.2) is 61.5 Å². The first-order chi connectivity index (χ1) is 12.5. The molecule has 3 fully saturated rings. The molecule has 0 aromatic rings. The second kappa shape index (κ2) is 8.84. The number of nitrogens with one attached hydrogen (secondary N) is 2. The Morgan fingerprint density at radius 1 is 0.923 bits per heavy atom. The van der Waals surface area contributed by atoms with Crippen molar-refractivity contribution in [3.05, 3.63) is 0 Å². The van der Waals surface area contributed by atoms with Crippen LogP contribution >= 0.6 is 0 Å². The lowest BCUT2D eigenvalue weighted by Crippen LogP contribution is -2.45. The Morgan fingerprint density at radius 2 is 1.58 bits per heavy atom. The summed E-state index contributed by atoms with van der Waals surface area (Å²) in [7, 11) is 1.76. The lowest BCUT2D eigenvalue weighted by Gasteiger charge is -2.26. The lowest BCUT2D eigenvalue weighted by atomic mass is 9.95. The number of carbonyl (C=O) groups is 3. The predicted octanol–water partition coefficient (Wildman–Crippen LogP) is 0.825. The summed E-state index contributed by atoms with van der Waals surface area (Å²) in [5, 5.41) is 6.19. The number of hydrogen-bond donors (Lipinski definition) is 2. The zero-order valence-electron chi connectivity index (χ0n) is 15.7. The zero-order chi connectivity index (χ0) is 18.5. The SMILES string of the molecule is CN1C[C@H](NC(=O)C2CC2)CCC[C@@H](C(=O)NC2CCOCC2)CC1=O. The monoisotopic (exact) mass is 365 g/mol. The van der Waals surface area contributed by atoms with Gasteiger partial charge in [-0.25, -0.2) is 0 Å². The maximum absolute atomic E-state index is 12.7. The van der Waals surface area contributed by atoms with Gasteiger partial charge in [0.05, 0.1) is 0 Å². The molecule has 2 saturated heterocycles. The molecule has 1 saturated carbocycles. The second-order valence-electron chi connectivity index (χ2n) is 7.98. The Hall–Kier alpha value is -1.63. The molecule has 3 aliphatic rings. The maximum atomic E-state index is 12.7.